The Morgan fingerprint density at radius 1 is 1.29 bits per heavy atom. The minimum atomic E-state index is 0.187. The summed E-state index contributed by atoms with van der Waals surface area (Å²) < 4.78 is 5.96. The Morgan fingerprint density at radius 2 is 2.14 bits per heavy atom. The summed E-state index contributed by atoms with van der Waals surface area (Å²) in [5.74, 6) is 0.952. The van der Waals surface area contributed by atoms with Gasteiger partial charge in [0.1, 0.15) is 5.75 Å². The van der Waals surface area contributed by atoms with Crippen LogP contribution in [0.4, 0.5) is 0 Å². The Morgan fingerprint density at radius 3 is 2.86 bits per heavy atom. The minimum absolute atomic E-state index is 0.187. The molecule has 1 aromatic heterocycles. The van der Waals surface area contributed by atoms with E-state index in [2.05, 4.69) is 43.1 Å². The van der Waals surface area contributed by atoms with Gasteiger partial charge in [-0.15, -0.1) is 0 Å². The number of ether oxygens (including phenoxy) is 1. The molecule has 0 aliphatic carbocycles. The van der Waals surface area contributed by atoms with E-state index in [0.717, 1.165) is 25.0 Å². The van der Waals surface area contributed by atoms with Gasteiger partial charge < -0.3 is 10.5 Å². The number of aromatic nitrogens is 1. The van der Waals surface area contributed by atoms with Gasteiger partial charge in [-0.3, -0.25) is 4.98 Å². The van der Waals surface area contributed by atoms with Crippen molar-refractivity contribution < 1.29 is 4.74 Å². The number of aryl methyl sites for hydroxylation is 1. The average molecular weight is 284 g/mol. The fraction of sp³-hybridized carbons (Fsp3) is 0.389. The highest BCUT2D eigenvalue weighted by Gasteiger charge is 2.08. The van der Waals surface area contributed by atoms with Gasteiger partial charge in [-0.1, -0.05) is 30.7 Å². The molecule has 3 nitrogen and oxygen atoms in total. The first-order valence-corrected chi connectivity index (χ1v) is 7.56. The zero-order valence-corrected chi connectivity index (χ0v) is 12.9. The molecule has 2 rings (SSSR count). The van der Waals surface area contributed by atoms with Gasteiger partial charge in [0.25, 0.3) is 0 Å². The highest BCUT2D eigenvalue weighted by Crippen LogP contribution is 2.22. The molecule has 1 atom stereocenters. The van der Waals surface area contributed by atoms with Gasteiger partial charge in [0.15, 0.2) is 0 Å². The van der Waals surface area contributed by atoms with Crippen molar-refractivity contribution in [3.05, 3.63) is 59.4 Å². The smallest absolute Gasteiger partial charge is 0.122 e. The molecule has 0 bridgehead atoms. The highest BCUT2D eigenvalue weighted by molar-refractivity contribution is 5.37. The predicted octanol–water partition coefficient (Wildman–Crippen LogP) is 3.29. The molecular formula is C18H24N2O. The Balaban J connectivity index is 1.98. The third-order valence-corrected chi connectivity index (χ3v) is 3.59. The Labute approximate surface area is 127 Å². The molecule has 21 heavy (non-hydrogen) atoms. The van der Waals surface area contributed by atoms with Gasteiger partial charge in [-0.05, 0) is 43.0 Å². The number of benzene rings is 1. The van der Waals surface area contributed by atoms with Crippen molar-refractivity contribution in [2.45, 2.75) is 39.2 Å². The van der Waals surface area contributed by atoms with Crippen LogP contribution < -0.4 is 10.5 Å². The quantitative estimate of drug-likeness (QED) is 0.848. The van der Waals surface area contributed by atoms with Crippen LogP contribution in [0.25, 0.3) is 0 Å². The van der Waals surface area contributed by atoms with Crippen molar-refractivity contribution in [1.82, 2.24) is 4.98 Å². The number of nitrogens with zero attached hydrogens (tertiary/aromatic N) is 1. The first kappa shape index (κ1) is 15.5. The highest BCUT2D eigenvalue weighted by atomic mass is 16.5. The lowest BCUT2D eigenvalue weighted by Gasteiger charge is -2.15. The van der Waals surface area contributed by atoms with Crippen molar-refractivity contribution in [2.75, 3.05) is 6.61 Å². The van der Waals surface area contributed by atoms with E-state index in [1.165, 1.54) is 16.7 Å². The lowest BCUT2D eigenvalue weighted by Crippen LogP contribution is -2.22. The maximum atomic E-state index is 6.08. The largest absolute Gasteiger partial charge is 0.493 e. The Hall–Kier alpha value is -1.87. The molecule has 1 heterocycles. The van der Waals surface area contributed by atoms with E-state index in [0.29, 0.717) is 6.61 Å². The molecular weight excluding hydrogens is 260 g/mol. The van der Waals surface area contributed by atoms with E-state index >= 15 is 0 Å². The first-order valence-electron chi connectivity index (χ1n) is 7.56. The second kappa shape index (κ2) is 7.79. The van der Waals surface area contributed by atoms with Crippen molar-refractivity contribution in [3.8, 4) is 5.75 Å². The molecule has 112 valence electrons. The van der Waals surface area contributed by atoms with Crippen LogP contribution in [0.2, 0.25) is 0 Å². The summed E-state index contributed by atoms with van der Waals surface area (Å²) in [4.78, 5) is 4.12. The topological polar surface area (TPSA) is 48.1 Å². The van der Waals surface area contributed by atoms with Gasteiger partial charge >= 0.3 is 0 Å². The third-order valence-electron chi connectivity index (χ3n) is 3.59. The van der Waals surface area contributed by atoms with Crippen molar-refractivity contribution in [3.63, 3.8) is 0 Å². The van der Waals surface area contributed by atoms with Crippen LogP contribution in [0.1, 0.15) is 30.0 Å². The van der Waals surface area contributed by atoms with Gasteiger partial charge in [0.05, 0.1) is 6.61 Å². The van der Waals surface area contributed by atoms with Gasteiger partial charge in [0, 0.05) is 24.9 Å². The number of hydrogen-bond acceptors (Lipinski definition) is 3. The van der Waals surface area contributed by atoms with Crippen LogP contribution in [-0.2, 0) is 12.8 Å². The minimum Gasteiger partial charge on any atom is -0.493 e. The zero-order valence-electron chi connectivity index (χ0n) is 12.9. The molecule has 0 aliphatic heterocycles. The lowest BCUT2D eigenvalue weighted by molar-refractivity contribution is 0.317. The number of nitrogens with two attached hydrogens (primary N) is 1. The van der Waals surface area contributed by atoms with Crippen molar-refractivity contribution in [1.29, 1.82) is 0 Å². The summed E-state index contributed by atoms with van der Waals surface area (Å²) in [7, 11) is 0. The molecule has 0 saturated heterocycles. The third kappa shape index (κ3) is 4.87. The summed E-state index contributed by atoms with van der Waals surface area (Å²) >= 11 is 0. The summed E-state index contributed by atoms with van der Waals surface area (Å²) in [5, 5.41) is 0. The normalized spacial score (nSPS) is 12.1. The standard InChI is InChI=1S/C18H24N2O/c1-3-17(19)12-16-11-14(2)6-7-18(16)21-10-8-15-5-4-9-20-13-15/h4-7,9,11,13,17H,3,8,10,12,19H2,1-2H3. The van der Waals surface area contributed by atoms with Crippen LogP contribution in [0, 0.1) is 6.92 Å². The monoisotopic (exact) mass is 284 g/mol. The predicted molar refractivity (Wildman–Crippen MR) is 86.6 cm³/mol. The lowest BCUT2D eigenvalue weighted by atomic mass is 10.0. The summed E-state index contributed by atoms with van der Waals surface area (Å²) in [6.07, 6.45) is 6.37. The SMILES string of the molecule is CCC(N)Cc1cc(C)ccc1OCCc1cccnc1. The van der Waals surface area contributed by atoms with Crippen LogP contribution in [0.3, 0.4) is 0 Å². The van der Waals surface area contributed by atoms with Crippen molar-refractivity contribution >= 4 is 0 Å². The molecule has 1 aromatic carbocycles. The van der Waals surface area contributed by atoms with Gasteiger partial charge in [-0.2, -0.15) is 0 Å². The van der Waals surface area contributed by atoms with Gasteiger partial charge in [0.2, 0.25) is 0 Å². The van der Waals surface area contributed by atoms with Crippen LogP contribution in [-0.4, -0.2) is 17.6 Å². The van der Waals surface area contributed by atoms with Crippen molar-refractivity contribution in [2.24, 2.45) is 5.73 Å². The van der Waals surface area contributed by atoms with E-state index in [4.69, 9.17) is 10.5 Å². The zero-order chi connectivity index (χ0) is 15.1. The number of pyridine rings is 1. The summed E-state index contributed by atoms with van der Waals surface area (Å²) in [6.45, 7) is 4.87. The van der Waals surface area contributed by atoms with Gasteiger partial charge in [-0.25, -0.2) is 0 Å². The summed E-state index contributed by atoms with van der Waals surface area (Å²) in [5.41, 5.74) is 9.72. The first-order chi connectivity index (χ1) is 10.2. The average Bonchev–Trinajstić information content (AvgIpc) is 2.50. The Bertz CT molecular complexity index is 554. The summed E-state index contributed by atoms with van der Waals surface area (Å²) in [6, 6.07) is 10.5. The second-order valence-corrected chi connectivity index (χ2v) is 5.44. The molecule has 0 fully saturated rings. The molecule has 0 spiro atoms. The van der Waals surface area contributed by atoms with E-state index in [1.54, 1.807) is 6.20 Å². The fourth-order valence-corrected chi connectivity index (χ4v) is 2.26. The van der Waals surface area contributed by atoms with Crippen LogP contribution in [0.5, 0.6) is 5.75 Å². The molecule has 0 radical (unpaired) electrons. The maximum absolute atomic E-state index is 6.08. The fourth-order valence-electron chi connectivity index (χ4n) is 2.26. The molecule has 0 saturated carbocycles. The maximum Gasteiger partial charge on any atom is 0.122 e. The molecule has 3 heteroatoms. The van der Waals surface area contributed by atoms with E-state index in [9.17, 15) is 0 Å². The Kier molecular flexibility index (Phi) is 5.76. The van der Waals surface area contributed by atoms with E-state index in [-0.39, 0.29) is 6.04 Å². The number of rotatable bonds is 7. The molecule has 0 amide bonds. The molecule has 2 N–H and O–H groups in total. The second-order valence-electron chi connectivity index (χ2n) is 5.44. The number of hydrogen-bond donors (Lipinski definition) is 1. The molecule has 0 aliphatic rings. The van der Waals surface area contributed by atoms with Crippen LogP contribution >= 0.6 is 0 Å². The molecule has 1 unspecified atom stereocenters. The molecule has 2 aromatic rings. The van der Waals surface area contributed by atoms with E-state index < -0.39 is 0 Å². The van der Waals surface area contributed by atoms with Crippen LogP contribution in [0.15, 0.2) is 42.7 Å². The van der Waals surface area contributed by atoms with E-state index in [1.807, 2.05) is 12.3 Å².